The third-order valence-electron chi connectivity index (χ3n) is 2.41. The van der Waals surface area contributed by atoms with E-state index >= 15 is 0 Å². The van der Waals surface area contributed by atoms with Crippen molar-refractivity contribution in [2.24, 2.45) is 5.92 Å². The Morgan fingerprint density at radius 2 is 2.12 bits per heavy atom. The summed E-state index contributed by atoms with van der Waals surface area (Å²) in [4.78, 5) is 11.6. The van der Waals surface area contributed by atoms with Crippen molar-refractivity contribution in [1.82, 2.24) is 15.1 Å². The predicted octanol–water partition coefficient (Wildman–Crippen LogP) is 0.886. The van der Waals surface area contributed by atoms with E-state index in [0.717, 1.165) is 6.54 Å². The van der Waals surface area contributed by atoms with Gasteiger partial charge in [-0.2, -0.15) is 0 Å². The van der Waals surface area contributed by atoms with Gasteiger partial charge < -0.3 is 10.1 Å². The summed E-state index contributed by atoms with van der Waals surface area (Å²) < 4.78 is 6.45. The van der Waals surface area contributed by atoms with Crippen LogP contribution in [0.1, 0.15) is 20.8 Å². The highest BCUT2D eigenvalue weighted by molar-refractivity contribution is 5.05. The minimum Gasteiger partial charge on any atom is -0.480 e. The van der Waals surface area contributed by atoms with Gasteiger partial charge in [-0.1, -0.05) is 20.8 Å². The van der Waals surface area contributed by atoms with Crippen molar-refractivity contribution >= 4 is 0 Å². The maximum Gasteiger partial charge on any atom is 0.266 e. The van der Waals surface area contributed by atoms with Crippen molar-refractivity contribution in [3.8, 4) is 5.88 Å². The number of rotatable bonds is 6. The third-order valence-corrected chi connectivity index (χ3v) is 2.41. The van der Waals surface area contributed by atoms with Gasteiger partial charge in [-0.15, -0.1) is 5.10 Å². The van der Waals surface area contributed by atoms with Crippen molar-refractivity contribution < 1.29 is 4.74 Å². The molecule has 0 aliphatic heterocycles. The Morgan fingerprint density at radius 1 is 1.41 bits per heavy atom. The van der Waals surface area contributed by atoms with E-state index in [9.17, 15) is 4.79 Å². The molecule has 0 aliphatic carbocycles. The van der Waals surface area contributed by atoms with E-state index in [1.807, 2.05) is 0 Å². The molecule has 1 unspecified atom stereocenters. The van der Waals surface area contributed by atoms with Gasteiger partial charge in [-0.05, 0) is 12.5 Å². The van der Waals surface area contributed by atoms with Crippen LogP contribution in [0.4, 0.5) is 0 Å². The molecule has 1 atom stereocenters. The van der Waals surface area contributed by atoms with Crippen LogP contribution in [-0.4, -0.2) is 29.5 Å². The van der Waals surface area contributed by atoms with Gasteiger partial charge in [0.15, 0.2) is 0 Å². The smallest absolute Gasteiger partial charge is 0.266 e. The number of aromatic nitrogens is 2. The van der Waals surface area contributed by atoms with E-state index in [1.54, 1.807) is 13.2 Å². The fourth-order valence-corrected chi connectivity index (χ4v) is 1.47. The first kappa shape index (κ1) is 13.7. The van der Waals surface area contributed by atoms with Gasteiger partial charge in [0.05, 0.1) is 7.11 Å². The van der Waals surface area contributed by atoms with Crippen LogP contribution in [-0.2, 0) is 6.54 Å². The molecule has 1 heterocycles. The zero-order valence-electron chi connectivity index (χ0n) is 10.9. The lowest BCUT2D eigenvalue weighted by Gasteiger charge is -2.15. The Kier molecular flexibility index (Phi) is 5.15. The predicted molar refractivity (Wildman–Crippen MR) is 67.4 cm³/mol. The Morgan fingerprint density at radius 3 is 2.71 bits per heavy atom. The van der Waals surface area contributed by atoms with Crippen LogP contribution < -0.4 is 15.6 Å². The zero-order chi connectivity index (χ0) is 12.8. The summed E-state index contributed by atoms with van der Waals surface area (Å²) in [6.45, 7) is 7.74. The molecule has 1 aromatic heterocycles. The highest BCUT2D eigenvalue weighted by Crippen LogP contribution is 2.02. The molecule has 0 bridgehead atoms. The summed E-state index contributed by atoms with van der Waals surface area (Å²) in [6, 6.07) is 3.51. The van der Waals surface area contributed by atoms with Gasteiger partial charge in [0.25, 0.3) is 5.56 Å². The highest BCUT2D eigenvalue weighted by atomic mass is 16.5. The highest BCUT2D eigenvalue weighted by Gasteiger charge is 2.07. The summed E-state index contributed by atoms with van der Waals surface area (Å²) in [5.41, 5.74) is -0.0952. The van der Waals surface area contributed by atoms with Crippen LogP contribution >= 0.6 is 0 Å². The minimum absolute atomic E-state index is 0.0952. The normalized spacial score (nSPS) is 12.8. The zero-order valence-corrected chi connectivity index (χ0v) is 10.9. The Hall–Kier alpha value is -1.36. The topological polar surface area (TPSA) is 56.1 Å². The number of hydrogen-bond donors (Lipinski definition) is 1. The molecule has 1 aromatic rings. The van der Waals surface area contributed by atoms with Crippen molar-refractivity contribution in [2.45, 2.75) is 33.4 Å². The van der Waals surface area contributed by atoms with Gasteiger partial charge in [0.1, 0.15) is 0 Å². The molecule has 0 amide bonds. The average molecular weight is 239 g/mol. The fraction of sp³-hybridized carbons (Fsp3) is 0.667. The molecule has 96 valence electrons. The number of hydrogen-bond acceptors (Lipinski definition) is 4. The molecule has 0 saturated heterocycles. The molecular formula is C12H21N3O2. The molecular weight excluding hydrogens is 218 g/mol. The molecule has 0 aliphatic rings. The van der Waals surface area contributed by atoms with E-state index in [1.165, 1.54) is 10.7 Å². The molecule has 17 heavy (non-hydrogen) atoms. The van der Waals surface area contributed by atoms with Crippen LogP contribution in [0.2, 0.25) is 0 Å². The van der Waals surface area contributed by atoms with Crippen LogP contribution in [0.15, 0.2) is 16.9 Å². The standard InChI is InChI=1S/C12H21N3O2/c1-9(2)13-7-10(3)8-15-12(16)6-5-11(14-15)17-4/h5-6,9-10,13H,7-8H2,1-4H3. The maximum atomic E-state index is 11.6. The first-order valence-electron chi connectivity index (χ1n) is 5.88. The summed E-state index contributed by atoms with van der Waals surface area (Å²) >= 11 is 0. The second kappa shape index (κ2) is 6.39. The Labute approximate surface area is 102 Å². The molecule has 1 rings (SSSR count). The lowest BCUT2D eigenvalue weighted by Crippen LogP contribution is -2.32. The first-order chi connectivity index (χ1) is 8.02. The molecule has 0 aromatic carbocycles. The van der Waals surface area contributed by atoms with Crippen LogP contribution in [0, 0.1) is 5.92 Å². The summed E-state index contributed by atoms with van der Waals surface area (Å²) in [5, 5.41) is 7.45. The average Bonchev–Trinajstić information content (AvgIpc) is 2.29. The third kappa shape index (κ3) is 4.56. The summed E-state index contributed by atoms with van der Waals surface area (Å²) in [6.07, 6.45) is 0. The molecule has 1 N–H and O–H groups in total. The van der Waals surface area contributed by atoms with E-state index in [0.29, 0.717) is 24.4 Å². The van der Waals surface area contributed by atoms with Crippen LogP contribution in [0.5, 0.6) is 5.88 Å². The first-order valence-corrected chi connectivity index (χ1v) is 5.88. The van der Waals surface area contributed by atoms with Crippen LogP contribution in [0.3, 0.4) is 0 Å². The van der Waals surface area contributed by atoms with Gasteiger partial charge in [-0.3, -0.25) is 4.79 Å². The van der Waals surface area contributed by atoms with Crippen molar-refractivity contribution in [1.29, 1.82) is 0 Å². The van der Waals surface area contributed by atoms with E-state index in [2.05, 4.69) is 31.2 Å². The van der Waals surface area contributed by atoms with E-state index in [-0.39, 0.29) is 5.56 Å². The number of nitrogens with zero attached hydrogens (tertiary/aromatic N) is 2. The number of methoxy groups -OCH3 is 1. The SMILES string of the molecule is COc1ccc(=O)n(CC(C)CNC(C)C)n1. The maximum absolute atomic E-state index is 11.6. The van der Waals surface area contributed by atoms with Gasteiger partial charge in [0, 0.05) is 24.7 Å². The number of nitrogens with one attached hydrogen (secondary N) is 1. The fourth-order valence-electron chi connectivity index (χ4n) is 1.47. The van der Waals surface area contributed by atoms with E-state index < -0.39 is 0 Å². The number of ether oxygens (including phenoxy) is 1. The van der Waals surface area contributed by atoms with Crippen molar-refractivity contribution in [3.05, 3.63) is 22.5 Å². The molecule has 0 saturated carbocycles. The molecule has 0 radical (unpaired) electrons. The Bertz CT molecular complexity index is 401. The quantitative estimate of drug-likeness (QED) is 0.801. The second-order valence-corrected chi connectivity index (χ2v) is 4.56. The van der Waals surface area contributed by atoms with Gasteiger partial charge in [0.2, 0.25) is 5.88 Å². The van der Waals surface area contributed by atoms with Crippen molar-refractivity contribution in [3.63, 3.8) is 0 Å². The van der Waals surface area contributed by atoms with Gasteiger partial charge in [-0.25, -0.2) is 4.68 Å². The van der Waals surface area contributed by atoms with Crippen molar-refractivity contribution in [2.75, 3.05) is 13.7 Å². The van der Waals surface area contributed by atoms with Crippen LogP contribution in [0.25, 0.3) is 0 Å². The lowest BCUT2D eigenvalue weighted by atomic mass is 10.1. The second-order valence-electron chi connectivity index (χ2n) is 4.56. The lowest BCUT2D eigenvalue weighted by molar-refractivity contribution is 0.351. The Balaban J connectivity index is 2.64. The molecule has 0 fully saturated rings. The molecule has 5 nitrogen and oxygen atoms in total. The molecule has 5 heteroatoms. The minimum atomic E-state index is -0.0952. The summed E-state index contributed by atoms with van der Waals surface area (Å²) in [5.74, 6) is 0.809. The molecule has 0 spiro atoms. The van der Waals surface area contributed by atoms with E-state index in [4.69, 9.17) is 4.74 Å². The summed E-state index contributed by atoms with van der Waals surface area (Å²) in [7, 11) is 1.54. The van der Waals surface area contributed by atoms with Gasteiger partial charge >= 0.3 is 0 Å². The monoisotopic (exact) mass is 239 g/mol. The largest absolute Gasteiger partial charge is 0.480 e.